The lowest BCUT2D eigenvalue weighted by Crippen LogP contribution is -2.33. The van der Waals surface area contributed by atoms with Gasteiger partial charge in [0.25, 0.3) is 5.91 Å². The number of nitrogens with one attached hydrogen (secondary N) is 2. The highest BCUT2D eigenvalue weighted by atomic mass is 16.5. The van der Waals surface area contributed by atoms with Gasteiger partial charge in [-0.15, -0.1) is 0 Å². The number of anilines is 1. The van der Waals surface area contributed by atoms with Crippen molar-refractivity contribution in [2.75, 3.05) is 26.1 Å². The molecule has 27 heavy (non-hydrogen) atoms. The van der Waals surface area contributed by atoms with Crippen molar-refractivity contribution in [1.82, 2.24) is 14.9 Å². The normalized spacial score (nSPS) is 10.5. The van der Waals surface area contributed by atoms with E-state index in [0.29, 0.717) is 23.0 Å². The third kappa shape index (κ3) is 3.69. The summed E-state index contributed by atoms with van der Waals surface area (Å²) in [6.45, 7) is -0.175. The minimum atomic E-state index is -0.381. The van der Waals surface area contributed by atoms with Gasteiger partial charge in [-0.2, -0.15) is 0 Å². The van der Waals surface area contributed by atoms with Crippen LogP contribution in [0.2, 0.25) is 0 Å². The van der Waals surface area contributed by atoms with Crippen molar-refractivity contribution in [3.8, 4) is 11.5 Å². The zero-order chi connectivity index (χ0) is 19.4. The molecule has 2 amide bonds. The number of benzene rings is 1. The number of aryl methyl sites for hydroxylation is 1. The first-order chi connectivity index (χ1) is 13.0. The standard InChI is InChI=1S/C19H20N4O4/c1-23-13(10-12-14(26-2)7-8-15(27-3)18(12)23)19(25)21-11-17(24)22-16-6-4-5-9-20-16/h4-10H,11H2,1-3H3,(H,21,25)(H,20,22,24). The topological polar surface area (TPSA) is 94.5 Å². The predicted molar refractivity (Wildman–Crippen MR) is 101 cm³/mol. The predicted octanol–water partition coefficient (Wildman–Crippen LogP) is 1.96. The molecule has 0 aliphatic heterocycles. The molecule has 0 aliphatic rings. The van der Waals surface area contributed by atoms with Crippen LogP contribution in [0.1, 0.15) is 10.5 Å². The molecule has 2 aromatic heterocycles. The average Bonchev–Trinajstić information content (AvgIpc) is 3.04. The van der Waals surface area contributed by atoms with Gasteiger partial charge in [-0.25, -0.2) is 4.98 Å². The number of hydrogen-bond acceptors (Lipinski definition) is 5. The van der Waals surface area contributed by atoms with E-state index in [1.54, 1.807) is 68.4 Å². The number of pyridine rings is 1. The van der Waals surface area contributed by atoms with Crippen LogP contribution in [0.4, 0.5) is 5.82 Å². The first-order valence-corrected chi connectivity index (χ1v) is 8.24. The first kappa shape index (κ1) is 18.2. The summed E-state index contributed by atoms with van der Waals surface area (Å²) in [7, 11) is 4.89. The molecule has 3 aromatic rings. The fourth-order valence-corrected chi connectivity index (χ4v) is 2.84. The maximum Gasteiger partial charge on any atom is 0.268 e. The molecule has 0 unspecified atom stereocenters. The van der Waals surface area contributed by atoms with Crippen LogP contribution >= 0.6 is 0 Å². The SMILES string of the molecule is COc1ccc(OC)c2c1cc(C(=O)NCC(=O)Nc1ccccn1)n2C. The highest BCUT2D eigenvalue weighted by Gasteiger charge is 2.19. The second-order valence-corrected chi connectivity index (χ2v) is 5.77. The molecule has 2 heterocycles. The first-order valence-electron chi connectivity index (χ1n) is 8.24. The Morgan fingerprint density at radius 3 is 2.52 bits per heavy atom. The molecule has 0 radical (unpaired) electrons. The maximum absolute atomic E-state index is 12.6. The molecular formula is C19H20N4O4. The Kier molecular flexibility index (Phi) is 5.25. The highest BCUT2D eigenvalue weighted by Crippen LogP contribution is 2.35. The number of nitrogens with zero attached hydrogens (tertiary/aromatic N) is 2. The van der Waals surface area contributed by atoms with Crippen molar-refractivity contribution in [3.05, 3.63) is 48.3 Å². The number of rotatable bonds is 6. The molecule has 3 rings (SSSR count). The van der Waals surface area contributed by atoms with Crippen molar-refractivity contribution in [2.24, 2.45) is 7.05 Å². The van der Waals surface area contributed by atoms with E-state index >= 15 is 0 Å². The summed E-state index contributed by atoms with van der Waals surface area (Å²) in [5.74, 6) is 0.939. The van der Waals surface area contributed by atoms with E-state index in [0.717, 1.165) is 10.9 Å². The zero-order valence-corrected chi connectivity index (χ0v) is 15.3. The van der Waals surface area contributed by atoms with E-state index in [9.17, 15) is 9.59 Å². The van der Waals surface area contributed by atoms with Crippen molar-refractivity contribution >= 4 is 28.5 Å². The van der Waals surface area contributed by atoms with Gasteiger partial charge in [-0.05, 0) is 30.3 Å². The van der Waals surface area contributed by atoms with E-state index < -0.39 is 0 Å². The van der Waals surface area contributed by atoms with Gasteiger partial charge >= 0.3 is 0 Å². The van der Waals surface area contributed by atoms with Crippen molar-refractivity contribution in [3.63, 3.8) is 0 Å². The zero-order valence-electron chi connectivity index (χ0n) is 15.3. The number of carbonyl (C=O) groups is 2. The molecule has 8 heteroatoms. The third-order valence-electron chi connectivity index (χ3n) is 4.13. The quantitative estimate of drug-likeness (QED) is 0.694. The van der Waals surface area contributed by atoms with E-state index in [2.05, 4.69) is 15.6 Å². The summed E-state index contributed by atoms with van der Waals surface area (Å²) in [6.07, 6.45) is 1.57. The smallest absolute Gasteiger partial charge is 0.268 e. The number of carbonyl (C=O) groups excluding carboxylic acids is 2. The molecule has 8 nitrogen and oxygen atoms in total. The van der Waals surface area contributed by atoms with E-state index in [4.69, 9.17) is 9.47 Å². The van der Waals surface area contributed by atoms with Gasteiger partial charge in [0.15, 0.2) is 0 Å². The van der Waals surface area contributed by atoms with Crippen molar-refractivity contribution < 1.29 is 19.1 Å². The van der Waals surface area contributed by atoms with Gasteiger partial charge in [0.05, 0.1) is 26.3 Å². The summed E-state index contributed by atoms with van der Waals surface area (Å²) in [5, 5.41) is 5.98. The van der Waals surface area contributed by atoms with E-state index in [1.807, 2.05) is 0 Å². The molecule has 0 fully saturated rings. The molecule has 0 saturated carbocycles. The number of ether oxygens (including phenoxy) is 2. The second kappa shape index (κ2) is 7.77. The summed E-state index contributed by atoms with van der Waals surface area (Å²) in [5.41, 5.74) is 1.12. The molecular weight excluding hydrogens is 348 g/mol. The number of fused-ring (bicyclic) bond motifs is 1. The van der Waals surface area contributed by atoms with Crippen LogP contribution in [0, 0.1) is 0 Å². The summed E-state index contributed by atoms with van der Waals surface area (Å²) >= 11 is 0. The fraction of sp³-hybridized carbons (Fsp3) is 0.211. The number of hydrogen-bond donors (Lipinski definition) is 2. The van der Waals surface area contributed by atoms with Crippen LogP contribution in [0.3, 0.4) is 0 Å². The Bertz CT molecular complexity index is 982. The molecule has 140 valence electrons. The number of amides is 2. The monoisotopic (exact) mass is 368 g/mol. The van der Waals surface area contributed by atoms with Gasteiger partial charge < -0.3 is 24.7 Å². The lowest BCUT2D eigenvalue weighted by molar-refractivity contribution is -0.115. The van der Waals surface area contributed by atoms with Crippen LogP contribution in [-0.2, 0) is 11.8 Å². The Morgan fingerprint density at radius 1 is 1.11 bits per heavy atom. The van der Waals surface area contributed by atoms with Crippen molar-refractivity contribution in [2.45, 2.75) is 0 Å². The van der Waals surface area contributed by atoms with Crippen LogP contribution in [-0.4, -0.2) is 42.1 Å². The molecule has 2 N–H and O–H groups in total. The van der Waals surface area contributed by atoms with Crippen molar-refractivity contribution in [1.29, 1.82) is 0 Å². The van der Waals surface area contributed by atoms with Crippen LogP contribution in [0.5, 0.6) is 11.5 Å². The molecule has 0 atom stereocenters. The minimum Gasteiger partial charge on any atom is -0.496 e. The van der Waals surface area contributed by atoms with Crippen LogP contribution in [0.15, 0.2) is 42.6 Å². The molecule has 0 spiro atoms. The van der Waals surface area contributed by atoms with Crippen LogP contribution < -0.4 is 20.1 Å². The fourth-order valence-electron chi connectivity index (χ4n) is 2.84. The lowest BCUT2D eigenvalue weighted by Gasteiger charge is -2.09. The minimum absolute atomic E-state index is 0.175. The third-order valence-corrected chi connectivity index (χ3v) is 4.13. The number of methoxy groups -OCH3 is 2. The molecule has 0 saturated heterocycles. The Balaban J connectivity index is 1.77. The maximum atomic E-state index is 12.6. The van der Waals surface area contributed by atoms with Gasteiger partial charge in [0.2, 0.25) is 5.91 Å². The van der Waals surface area contributed by atoms with E-state index in [-0.39, 0.29) is 18.4 Å². The van der Waals surface area contributed by atoms with Gasteiger partial charge in [-0.3, -0.25) is 9.59 Å². The summed E-state index contributed by atoms with van der Waals surface area (Å²) < 4.78 is 12.5. The Labute approximate surface area is 156 Å². The molecule has 1 aromatic carbocycles. The Hall–Kier alpha value is -3.55. The van der Waals surface area contributed by atoms with Gasteiger partial charge in [0.1, 0.15) is 23.0 Å². The molecule has 0 bridgehead atoms. The largest absolute Gasteiger partial charge is 0.496 e. The summed E-state index contributed by atoms with van der Waals surface area (Å²) in [6, 6.07) is 10.5. The Morgan fingerprint density at radius 2 is 1.85 bits per heavy atom. The van der Waals surface area contributed by atoms with E-state index in [1.165, 1.54) is 0 Å². The van der Waals surface area contributed by atoms with Gasteiger partial charge in [-0.1, -0.05) is 6.07 Å². The summed E-state index contributed by atoms with van der Waals surface area (Å²) in [4.78, 5) is 28.6. The van der Waals surface area contributed by atoms with Gasteiger partial charge in [0, 0.05) is 18.6 Å². The number of aromatic nitrogens is 2. The molecule has 0 aliphatic carbocycles. The van der Waals surface area contributed by atoms with Crippen LogP contribution in [0.25, 0.3) is 10.9 Å². The average molecular weight is 368 g/mol. The second-order valence-electron chi connectivity index (χ2n) is 5.77. The highest BCUT2D eigenvalue weighted by molar-refractivity contribution is 6.03. The lowest BCUT2D eigenvalue weighted by atomic mass is 10.2.